The quantitative estimate of drug-likeness (QED) is 0.741. The van der Waals surface area contributed by atoms with Gasteiger partial charge in [0.25, 0.3) is 0 Å². The zero-order valence-electron chi connectivity index (χ0n) is 9.63. The Balaban J connectivity index is 3.36. The lowest BCUT2D eigenvalue weighted by Crippen LogP contribution is -2.19. The van der Waals surface area contributed by atoms with Gasteiger partial charge in [0, 0.05) is 14.1 Å². The Hall–Kier alpha value is -1.18. The number of benzene rings is 1. The first kappa shape index (κ1) is 10.9. The Morgan fingerprint density at radius 2 is 1.71 bits per heavy atom. The van der Waals surface area contributed by atoms with Crippen LogP contribution in [0.25, 0.3) is 0 Å². The standard InChI is InChI=1S/C12H19NO/c1-12(2,3)9-7-6-8-10(14)11(9)13(4)5/h6-8,14H,1-5H3. The fraction of sp³-hybridized carbons (Fsp3) is 0.500. The minimum Gasteiger partial charge on any atom is -0.506 e. The molecule has 14 heavy (non-hydrogen) atoms. The van der Waals surface area contributed by atoms with Gasteiger partial charge in [-0.05, 0) is 17.0 Å². The van der Waals surface area contributed by atoms with Crippen LogP contribution in [0.3, 0.4) is 0 Å². The van der Waals surface area contributed by atoms with Crippen LogP contribution in [0, 0.1) is 0 Å². The third-order valence-corrected chi connectivity index (χ3v) is 2.27. The number of anilines is 1. The molecule has 0 saturated carbocycles. The molecule has 0 amide bonds. The molecule has 0 spiro atoms. The van der Waals surface area contributed by atoms with E-state index in [0.717, 1.165) is 5.69 Å². The first-order valence-electron chi connectivity index (χ1n) is 4.84. The first-order chi connectivity index (χ1) is 6.34. The monoisotopic (exact) mass is 193 g/mol. The van der Waals surface area contributed by atoms with Crippen LogP contribution in [-0.4, -0.2) is 19.2 Å². The van der Waals surface area contributed by atoms with E-state index in [1.54, 1.807) is 6.07 Å². The van der Waals surface area contributed by atoms with Gasteiger partial charge < -0.3 is 10.0 Å². The minimum atomic E-state index is 0.0539. The molecule has 1 N–H and O–H groups in total. The Morgan fingerprint density at radius 3 is 2.07 bits per heavy atom. The number of hydrogen-bond acceptors (Lipinski definition) is 2. The van der Waals surface area contributed by atoms with E-state index in [9.17, 15) is 5.11 Å². The molecule has 0 unspecified atom stereocenters. The van der Waals surface area contributed by atoms with E-state index in [-0.39, 0.29) is 5.41 Å². The van der Waals surface area contributed by atoms with Gasteiger partial charge in [0.05, 0.1) is 5.69 Å². The number of phenolic OH excluding ortho intramolecular Hbond substituents is 1. The van der Waals surface area contributed by atoms with Crippen LogP contribution < -0.4 is 4.90 Å². The largest absolute Gasteiger partial charge is 0.506 e. The molecule has 78 valence electrons. The summed E-state index contributed by atoms with van der Waals surface area (Å²) in [5.41, 5.74) is 2.14. The van der Waals surface area contributed by atoms with Crippen molar-refractivity contribution < 1.29 is 5.11 Å². The lowest BCUT2D eigenvalue weighted by molar-refractivity contribution is 0.471. The normalized spacial score (nSPS) is 11.5. The van der Waals surface area contributed by atoms with Crippen molar-refractivity contribution in [3.05, 3.63) is 23.8 Å². The number of para-hydroxylation sites is 1. The maximum absolute atomic E-state index is 9.78. The molecule has 0 fully saturated rings. The smallest absolute Gasteiger partial charge is 0.139 e. The van der Waals surface area contributed by atoms with Crippen molar-refractivity contribution in [2.75, 3.05) is 19.0 Å². The maximum Gasteiger partial charge on any atom is 0.139 e. The Bertz CT molecular complexity index is 324. The predicted molar refractivity (Wildman–Crippen MR) is 61.1 cm³/mol. The average molecular weight is 193 g/mol. The van der Waals surface area contributed by atoms with Crippen LogP contribution in [0.5, 0.6) is 5.75 Å². The van der Waals surface area contributed by atoms with E-state index in [1.165, 1.54) is 5.56 Å². The van der Waals surface area contributed by atoms with Gasteiger partial charge in [-0.3, -0.25) is 0 Å². The van der Waals surface area contributed by atoms with Crippen molar-refractivity contribution in [2.24, 2.45) is 0 Å². The number of aromatic hydroxyl groups is 1. The molecule has 0 aliphatic rings. The third-order valence-electron chi connectivity index (χ3n) is 2.27. The van der Waals surface area contributed by atoms with Gasteiger partial charge >= 0.3 is 0 Å². The van der Waals surface area contributed by atoms with Gasteiger partial charge in [-0.1, -0.05) is 32.9 Å². The van der Waals surface area contributed by atoms with Crippen molar-refractivity contribution >= 4 is 5.69 Å². The third kappa shape index (κ3) is 2.00. The number of phenols is 1. The van der Waals surface area contributed by atoms with Crippen LogP contribution in [0.1, 0.15) is 26.3 Å². The SMILES string of the molecule is CN(C)c1c(O)cccc1C(C)(C)C. The molecule has 0 saturated heterocycles. The molecule has 1 aromatic carbocycles. The van der Waals surface area contributed by atoms with Crippen LogP contribution in [0.2, 0.25) is 0 Å². The summed E-state index contributed by atoms with van der Waals surface area (Å²) in [6.45, 7) is 6.44. The van der Waals surface area contributed by atoms with Crippen molar-refractivity contribution in [2.45, 2.75) is 26.2 Å². The summed E-state index contributed by atoms with van der Waals surface area (Å²) < 4.78 is 0. The van der Waals surface area contributed by atoms with E-state index in [0.29, 0.717) is 5.75 Å². The number of nitrogens with zero attached hydrogens (tertiary/aromatic N) is 1. The molecular formula is C12H19NO. The summed E-state index contributed by atoms with van der Waals surface area (Å²) in [6, 6.07) is 5.68. The molecule has 2 heteroatoms. The van der Waals surface area contributed by atoms with E-state index in [4.69, 9.17) is 0 Å². The molecule has 1 rings (SSSR count). The second kappa shape index (κ2) is 3.52. The number of rotatable bonds is 1. The molecular weight excluding hydrogens is 174 g/mol. The topological polar surface area (TPSA) is 23.5 Å². The van der Waals surface area contributed by atoms with Crippen LogP contribution in [0.15, 0.2) is 18.2 Å². The van der Waals surface area contributed by atoms with Crippen molar-refractivity contribution in [1.29, 1.82) is 0 Å². The highest BCUT2D eigenvalue weighted by Crippen LogP contribution is 2.37. The fourth-order valence-corrected chi connectivity index (χ4v) is 1.61. The summed E-state index contributed by atoms with van der Waals surface area (Å²) in [5, 5.41) is 9.78. The highest BCUT2D eigenvalue weighted by Gasteiger charge is 2.20. The zero-order chi connectivity index (χ0) is 10.9. The molecule has 0 aliphatic carbocycles. The second-order valence-corrected chi connectivity index (χ2v) is 4.82. The molecule has 1 aromatic rings. The molecule has 0 heterocycles. The molecule has 0 aromatic heterocycles. The number of hydrogen-bond donors (Lipinski definition) is 1. The zero-order valence-corrected chi connectivity index (χ0v) is 9.63. The summed E-state index contributed by atoms with van der Waals surface area (Å²) in [6.07, 6.45) is 0. The molecule has 2 nitrogen and oxygen atoms in total. The van der Waals surface area contributed by atoms with E-state index < -0.39 is 0 Å². The Kier molecular flexibility index (Phi) is 2.74. The van der Waals surface area contributed by atoms with Gasteiger partial charge in [-0.15, -0.1) is 0 Å². The highest BCUT2D eigenvalue weighted by atomic mass is 16.3. The molecule has 0 bridgehead atoms. The minimum absolute atomic E-state index is 0.0539. The van der Waals surface area contributed by atoms with Crippen molar-refractivity contribution in [3.8, 4) is 5.75 Å². The Morgan fingerprint density at radius 1 is 1.14 bits per heavy atom. The summed E-state index contributed by atoms with van der Waals surface area (Å²) in [5.74, 6) is 0.349. The highest BCUT2D eigenvalue weighted by molar-refractivity contribution is 5.64. The van der Waals surface area contributed by atoms with Gasteiger partial charge in [-0.2, -0.15) is 0 Å². The van der Waals surface area contributed by atoms with E-state index in [1.807, 2.05) is 25.1 Å². The molecule has 0 radical (unpaired) electrons. The van der Waals surface area contributed by atoms with Crippen LogP contribution in [-0.2, 0) is 5.41 Å². The van der Waals surface area contributed by atoms with E-state index in [2.05, 4.69) is 26.8 Å². The van der Waals surface area contributed by atoms with Gasteiger partial charge in [-0.25, -0.2) is 0 Å². The predicted octanol–water partition coefficient (Wildman–Crippen LogP) is 2.76. The average Bonchev–Trinajstić information content (AvgIpc) is 2.01. The summed E-state index contributed by atoms with van der Waals surface area (Å²) in [7, 11) is 3.90. The van der Waals surface area contributed by atoms with Gasteiger partial charge in [0.15, 0.2) is 0 Å². The van der Waals surface area contributed by atoms with Crippen LogP contribution >= 0.6 is 0 Å². The van der Waals surface area contributed by atoms with Gasteiger partial charge in [0.2, 0.25) is 0 Å². The lowest BCUT2D eigenvalue weighted by Gasteiger charge is -2.27. The second-order valence-electron chi connectivity index (χ2n) is 4.82. The maximum atomic E-state index is 9.78. The lowest BCUT2D eigenvalue weighted by atomic mass is 9.85. The first-order valence-corrected chi connectivity index (χ1v) is 4.84. The molecule has 0 atom stereocenters. The van der Waals surface area contributed by atoms with Crippen LogP contribution in [0.4, 0.5) is 5.69 Å². The summed E-state index contributed by atoms with van der Waals surface area (Å²) >= 11 is 0. The van der Waals surface area contributed by atoms with Crippen molar-refractivity contribution in [3.63, 3.8) is 0 Å². The fourth-order valence-electron chi connectivity index (χ4n) is 1.61. The van der Waals surface area contributed by atoms with Crippen molar-refractivity contribution in [1.82, 2.24) is 0 Å². The van der Waals surface area contributed by atoms with Gasteiger partial charge in [0.1, 0.15) is 5.75 Å². The molecule has 0 aliphatic heterocycles. The Labute approximate surface area is 86.2 Å². The van der Waals surface area contributed by atoms with E-state index >= 15 is 0 Å². The summed E-state index contributed by atoms with van der Waals surface area (Å²) in [4.78, 5) is 1.95.